The zero-order valence-electron chi connectivity index (χ0n) is 12.4. The molecule has 4 nitrogen and oxygen atoms in total. The van der Waals surface area contributed by atoms with Crippen molar-refractivity contribution in [1.82, 2.24) is 5.32 Å². The van der Waals surface area contributed by atoms with Crippen LogP contribution in [0, 0.1) is 11.3 Å². The van der Waals surface area contributed by atoms with Crippen molar-refractivity contribution in [1.29, 1.82) is 5.26 Å². The van der Waals surface area contributed by atoms with E-state index in [1.54, 1.807) is 0 Å². The van der Waals surface area contributed by atoms with Gasteiger partial charge in [0.05, 0.1) is 17.4 Å². The van der Waals surface area contributed by atoms with Crippen LogP contribution < -0.4 is 10.2 Å². The van der Waals surface area contributed by atoms with Crippen LogP contribution in [0.3, 0.4) is 0 Å². The third-order valence-corrected chi connectivity index (χ3v) is 3.73. The maximum absolute atomic E-state index is 9.39. The third kappa shape index (κ3) is 3.50. The summed E-state index contributed by atoms with van der Waals surface area (Å²) in [5, 5.41) is 12.5. The summed E-state index contributed by atoms with van der Waals surface area (Å²) >= 11 is 0. The Kier molecular flexibility index (Phi) is 5.40. The number of ether oxygens (including phenoxy) is 1. The first-order valence-corrected chi connectivity index (χ1v) is 7.32. The summed E-state index contributed by atoms with van der Waals surface area (Å²) in [7, 11) is 1.91. The monoisotopic (exact) mass is 273 g/mol. The maximum Gasteiger partial charge on any atom is 0.101 e. The minimum atomic E-state index is 0.304. The van der Waals surface area contributed by atoms with E-state index >= 15 is 0 Å². The molecule has 0 radical (unpaired) electrons. The smallest absolute Gasteiger partial charge is 0.101 e. The van der Waals surface area contributed by atoms with Crippen LogP contribution in [0.4, 0.5) is 5.69 Å². The molecule has 1 heterocycles. The summed E-state index contributed by atoms with van der Waals surface area (Å²) in [6.45, 7) is 5.54. The Morgan fingerprint density at radius 1 is 1.50 bits per heavy atom. The molecule has 1 fully saturated rings. The largest absolute Gasteiger partial charge is 0.376 e. The lowest BCUT2D eigenvalue weighted by atomic mass is 10.1. The second-order valence-corrected chi connectivity index (χ2v) is 5.17. The zero-order chi connectivity index (χ0) is 14.4. The standard InChI is InChI=1S/C16H23N3O/c1-3-19(12-15-5-4-8-20-15)16-7-6-13(11-18-2)9-14(16)10-17/h6-7,9,15,18H,3-5,8,11-12H2,1-2H3. The molecule has 1 saturated heterocycles. The molecule has 0 saturated carbocycles. The van der Waals surface area contributed by atoms with Gasteiger partial charge in [0.2, 0.25) is 0 Å². The Balaban J connectivity index is 2.17. The van der Waals surface area contributed by atoms with Crippen molar-refractivity contribution < 1.29 is 4.74 Å². The van der Waals surface area contributed by atoms with E-state index in [0.29, 0.717) is 6.10 Å². The van der Waals surface area contributed by atoms with Crippen molar-refractivity contribution in [3.05, 3.63) is 29.3 Å². The van der Waals surface area contributed by atoms with E-state index in [2.05, 4.69) is 35.3 Å². The van der Waals surface area contributed by atoms with E-state index in [0.717, 1.165) is 55.9 Å². The Hall–Kier alpha value is -1.57. The van der Waals surface area contributed by atoms with Crippen LogP contribution in [-0.2, 0) is 11.3 Å². The van der Waals surface area contributed by atoms with Gasteiger partial charge in [-0.2, -0.15) is 5.26 Å². The number of likely N-dealkylation sites (N-methyl/N-ethyl adjacent to an activating group) is 1. The van der Waals surface area contributed by atoms with E-state index in [4.69, 9.17) is 4.74 Å². The zero-order valence-corrected chi connectivity index (χ0v) is 12.4. The molecule has 1 atom stereocenters. The molecular weight excluding hydrogens is 250 g/mol. The lowest BCUT2D eigenvalue weighted by molar-refractivity contribution is 0.115. The highest BCUT2D eigenvalue weighted by molar-refractivity contribution is 5.60. The van der Waals surface area contributed by atoms with Gasteiger partial charge in [0.15, 0.2) is 0 Å². The fourth-order valence-corrected chi connectivity index (χ4v) is 2.69. The molecule has 0 spiro atoms. The number of hydrogen-bond acceptors (Lipinski definition) is 4. The minimum Gasteiger partial charge on any atom is -0.376 e. The average molecular weight is 273 g/mol. The molecule has 1 N–H and O–H groups in total. The van der Waals surface area contributed by atoms with E-state index in [1.165, 1.54) is 0 Å². The lowest BCUT2D eigenvalue weighted by Crippen LogP contribution is -2.32. The van der Waals surface area contributed by atoms with Crippen LogP contribution in [0.5, 0.6) is 0 Å². The molecule has 1 aromatic rings. The molecule has 0 bridgehead atoms. The molecular formula is C16H23N3O. The summed E-state index contributed by atoms with van der Waals surface area (Å²) < 4.78 is 5.71. The average Bonchev–Trinajstić information content (AvgIpc) is 2.98. The maximum atomic E-state index is 9.39. The Morgan fingerprint density at radius 3 is 2.95 bits per heavy atom. The second kappa shape index (κ2) is 7.28. The van der Waals surface area contributed by atoms with Crippen LogP contribution in [0.25, 0.3) is 0 Å². The first-order valence-electron chi connectivity index (χ1n) is 7.32. The van der Waals surface area contributed by atoms with Gasteiger partial charge in [-0.1, -0.05) is 6.07 Å². The van der Waals surface area contributed by atoms with Gasteiger partial charge in [-0.25, -0.2) is 0 Å². The van der Waals surface area contributed by atoms with Crippen LogP contribution in [0.15, 0.2) is 18.2 Å². The first-order chi connectivity index (χ1) is 9.78. The lowest BCUT2D eigenvalue weighted by Gasteiger charge is -2.27. The fourth-order valence-electron chi connectivity index (χ4n) is 2.69. The van der Waals surface area contributed by atoms with Crippen LogP contribution in [-0.4, -0.2) is 32.8 Å². The van der Waals surface area contributed by atoms with Crippen LogP contribution in [0.1, 0.15) is 30.9 Å². The molecule has 1 aliphatic heterocycles. The number of benzene rings is 1. The van der Waals surface area contributed by atoms with E-state index in [1.807, 2.05) is 13.1 Å². The fraction of sp³-hybridized carbons (Fsp3) is 0.562. The minimum absolute atomic E-state index is 0.304. The quantitative estimate of drug-likeness (QED) is 0.864. The highest BCUT2D eigenvalue weighted by atomic mass is 16.5. The Bertz CT molecular complexity index is 475. The first kappa shape index (κ1) is 14.8. The van der Waals surface area contributed by atoms with Gasteiger partial charge in [-0.3, -0.25) is 0 Å². The SMILES string of the molecule is CCN(CC1CCCO1)c1ccc(CNC)cc1C#N. The van der Waals surface area contributed by atoms with Gasteiger partial charge >= 0.3 is 0 Å². The number of rotatable bonds is 6. The molecule has 1 aromatic carbocycles. The van der Waals surface area contributed by atoms with Gasteiger partial charge in [0, 0.05) is 26.2 Å². The van der Waals surface area contributed by atoms with Gasteiger partial charge in [0.1, 0.15) is 6.07 Å². The van der Waals surface area contributed by atoms with Crippen molar-refractivity contribution in [2.45, 2.75) is 32.4 Å². The number of anilines is 1. The summed E-state index contributed by atoms with van der Waals surface area (Å²) in [5.74, 6) is 0. The molecule has 20 heavy (non-hydrogen) atoms. The number of nitrogens with one attached hydrogen (secondary N) is 1. The second-order valence-electron chi connectivity index (χ2n) is 5.17. The van der Waals surface area contributed by atoms with Crippen molar-refractivity contribution in [3.8, 4) is 6.07 Å². The molecule has 0 amide bonds. The third-order valence-electron chi connectivity index (χ3n) is 3.73. The van der Waals surface area contributed by atoms with Crippen molar-refractivity contribution in [3.63, 3.8) is 0 Å². The van der Waals surface area contributed by atoms with E-state index < -0.39 is 0 Å². The van der Waals surface area contributed by atoms with Gasteiger partial charge in [-0.15, -0.1) is 0 Å². The summed E-state index contributed by atoms with van der Waals surface area (Å²) in [4.78, 5) is 2.25. The van der Waals surface area contributed by atoms with Crippen molar-refractivity contribution in [2.75, 3.05) is 31.6 Å². The molecule has 0 aromatic heterocycles. The predicted octanol–water partition coefficient (Wildman–Crippen LogP) is 2.28. The van der Waals surface area contributed by atoms with Gasteiger partial charge < -0.3 is 15.0 Å². The molecule has 4 heteroatoms. The highest BCUT2D eigenvalue weighted by Crippen LogP contribution is 2.24. The molecule has 0 aliphatic carbocycles. The van der Waals surface area contributed by atoms with Gasteiger partial charge in [0.25, 0.3) is 0 Å². The summed E-state index contributed by atoms with van der Waals surface area (Å²) in [6, 6.07) is 8.45. The van der Waals surface area contributed by atoms with Crippen LogP contribution >= 0.6 is 0 Å². The molecule has 1 aliphatic rings. The normalized spacial score (nSPS) is 17.9. The summed E-state index contributed by atoms with van der Waals surface area (Å²) in [5.41, 5.74) is 2.91. The number of nitrogens with zero attached hydrogens (tertiary/aromatic N) is 2. The highest BCUT2D eigenvalue weighted by Gasteiger charge is 2.20. The van der Waals surface area contributed by atoms with Crippen molar-refractivity contribution >= 4 is 5.69 Å². The molecule has 1 unspecified atom stereocenters. The topological polar surface area (TPSA) is 48.3 Å². The summed E-state index contributed by atoms with van der Waals surface area (Å²) in [6.07, 6.45) is 2.57. The van der Waals surface area contributed by atoms with Crippen molar-refractivity contribution in [2.24, 2.45) is 0 Å². The van der Waals surface area contributed by atoms with E-state index in [9.17, 15) is 5.26 Å². The number of hydrogen-bond donors (Lipinski definition) is 1. The molecule has 108 valence electrons. The van der Waals surface area contributed by atoms with Gasteiger partial charge in [-0.05, 0) is 44.5 Å². The predicted molar refractivity (Wildman–Crippen MR) is 80.8 cm³/mol. The Labute approximate surface area is 121 Å². The molecule has 2 rings (SSSR count). The number of nitriles is 1. The van der Waals surface area contributed by atoms with E-state index in [-0.39, 0.29) is 0 Å². The Morgan fingerprint density at radius 2 is 2.35 bits per heavy atom. The van der Waals surface area contributed by atoms with Crippen LogP contribution in [0.2, 0.25) is 0 Å².